The van der Waals surface area contributed by atoms with E-state index in [0.717, 1.165) is 26.2 Å². The fourth-order valence-corrected chi connectivity index (χ4v) is 2.61. The zero-order valence-corrected chi connectivity index (χ0v) is 11.7. The topological polar surface area (TPSA) is 49.6 Å². The molecule has 2 N–H and O–H groups in total. The molecule has 4 nitrogen and oxygen atoms in total. The number of carbonyl (C=O) groups is 1. The highest BCUT2D eigenvalue weighted by Crippen LogP contribution is 2.13. The first kappa shape index (κ1) is 14.0. The van der Waals surface area contributed by atoms with Crippen LogP contribution in [0.25, 0.3) is 0 Å². The third-order valence-electron chi connectivity index (χ3n) is 3.63. The van der Waals surface area contributed by atoms with Crippen molar-refractivity contribution in [3.63, 3.8) is 0 Å². The van der Waals surface area contributed by atoms with Gasteiger partial charge in [-0.1, -0.05) is 30.3 Å². The van der Waals surface area contributed by atoms with Crippen molar-refractivity contribution in [2.45, 2.75) is 32.5 Å². The molecule has 0 radical (unpaired) electrons. The van der Waals surface area contributed by atoms with Gasteiger partial charge in [0.05, 0.1) is 6.04 Å². The van der Waals surface area contributed by atoms with E-state index in [-0.39, 0.29) is 11.9 Å². The molecule has 1 aliphatic rings. The molecule has 1 aromatic carbocycles. The lowest BCUT2D eigenvalue weighted by Gasteiger charge is -2.40. The Hall–Kier alpha value is -1.39. The highest BCUT2D eigenvalue weighted by atomic mass is 16.2. The Balaban J connectivity index is 1.91. The van der Waals surface area contributed by atoms with Crippen LogP contribution in [0.4, 0.5) is 0 Å². The van der Waals surface area contributed by atoms with Crippen molar-refractivity contribution in [2.75, 3.05) is 19.6 Å². The second kappa shape index (κ2) is 6.17. The summed E-state index contributed by atoms with van der Waals surface area (Å²) < 4.78 is 0. The molecule has 104 valence electrons. The van der Waals surface area contributed by atoms with Crippen molar-refractivity contribution in [1.82, 2.24) is 9.80 Å². The van der Waals surface area contributed by atoms with Gasteiger partial charge in [-0.05, 0) is 19.4 Å². The molecule has 0 bridgehead atoms. The van der Waals surface area contributed by atoms with Gasteiger partial charge in [0.1, 0.15) is 0 Å². The Morgan fingerprint density at radius 3 is 2.63 bits per heavy atom. The summed E-state index contributed by atoms with van der Waals surface area (Å²) in [4.78, 5) is 16.3. The monoisotopic (exact) mass is 261 g/mol. The van der Waals surface area contributed by atoms with Gasteiger partial charge >= 0.3 is 0 Å². The quantitative estimate of drug-likeness (QED) is 0.885. The van der Waals surface area contributed by atoms with Gasteiger partial charge in [0.25, 0.3) is 0 Å². The van der Waals surface area contributed by atoms with Crippen LogP contribution in [0.15, 0.2) is 30.3 Å². The molecule has 0 aromatic heterocycles. The molecule has 1 aliphatic heterocycles. The molecule has 1 fully saturated rings. The number of piperazine rings is 1. The zero-order chi connectivity index (χ0) is 13.8. The standard InChI is InChI=1S/C15H23N3O/c1-12-10-17(11-14-6-4-3-5-7-14)8-9-18(12)15(19)13(2)16/h3-7,12-13H,8-11,16H2,1-2H3. The maximum atomic E-state index is 12.0. The maximum absolute atomic E-state index is 12.0. The van der Waals surface area contributed by atoms with Crippen molar-refractivity contribution >= 4 is 5.91 Å². The van der Waals surface area contributed by atoms with Gasteiger partial charge in [-0.15, -0.1) is 0 Å². The Bertz CT molecular complexity index is 419. The molecule has 1 saturated heterocycles. The minimum Gasteiger partial charge on any atom is -0.336 e. The number of amides is 1. The highest BCUT2D eigenvalue weighted by Gasteiger charge is 2.28. The van der Waals surface area contributed by atoms with E-state index in [1.54, 1.807) is 6.92 Å². The number of nitrogens with two attached hydrogens (primary N) is 1. The smallest absolute Gasteiger partial charge is 0.239 e. The molecule has 19 heavy (non-hydrogen) atoms. The normalized spacial score (nSPS) is 22.3. The van der Waals surface area contributed by atoms with Gasteiger partial charge in [0, 0.05) is 32.2 Å². The van der Waals surface area contributed by atoms with Crippen LogP contribution in [-0.2, 0) is 11.3 Å². The molecule has 0 spiro atoms. The third-order valence-corrected chi connectivity index (χ3v) is 3.63. The van der Waals surface area contributed by atoms with Gasteiger partial charge in [0.2, 0.25) is 5.91 Å². The van der Waals surface area contributed by atoms with Crippen molar-refractivity contribution in [3.8, 4) is 0 Å². The van der Waals surface area contributed by atoms with Gasteiger partial charge in [-0.25, -0.2) is 0 Å². The molecular weight excluding hydrogens is 238 g/mol. The van der Waals surface area contributed by atoms with Crippen LogP contribution in [0, 0.1) is 0 Å². The fraction of sp³-hybridized carbons (Fsp3) is 0.533. The SMILES string of the molecule is CC(N)C(=O)N1CCN(Cc2ccccc2)CC1C. The van der Waals surface area contributed by atoms with Crippen LogP contribution in [0.1, 0.15) is 19.4 Å². The van der Waals surface area contributed by atoms with E-state index in [1.807, 2.05) is 11.0 Å². The molecule has 0 aliphatic carbocycles. The second-order valence-corrected chi connectivity index (χ2v) is 5.39. The minimum atomic E-state index is -0.400. The van der Waals surface area contributed by atoms with Crippen LogP contribution in [0.3, 0.4) is 0 Å². The van der Waals surface area contributed by atoms with E-state index in [1.165, 1.54) is 5.56 Å². The first-order valence-electron chi connectivity index (χ1n) is 6.90. The Morgan fingerprint density at radius 1 is 1.37 bits per heavy atom. The van der Waals surface area contributed by atoms with Gasteiger partial charge < -0.3 is 10.6 Å². The summed E-state index contributed by atoms with van der Waals surface area (Å²) in [6, 6.07) is 10.3. The first-order valence-corrected chi connectivity index (χ1v) is 6.90. The largest absolute Gasteiger partial charge is 0.336 e. The average Bonchev–Trinajstić information content (AvgIpc) is 2.39. The van der Waals surface area contributed by atoms with E-state index in [0.29, 0.717) is 0 Å². The predicted molar refractivity (Wildman–Crippen MR) is 76.5 cm³/mol. The van der Waals surface area contributed by atoms with Crippen molar-refractivity contribution < 1.29 is 4.79 Å². The first-order chi connectivity index (χ1) is 9.08. The van der Waals surface area contributed by atoms with E-state index in [9.17, 15) is 4.79 Å². The zero-order valence-electron chi connectivity index (χ0n) is 11.7. The molecular formula is C15H23N3O. The van der Waals surface area contributed by atoms with Gasteiger partial charge in [0.15, 0.2) is 0 Å². The number of rotatable bonds is 3. The average molecular weight is 261 g/mol. The molecule has 4 heteroatoms. The van der Waals surface area contributed by atoms with E-state index < -0.39 is 6.04 Å². The maximum Gasteiger partial charge on any atom is 0.239 e. The van der Waals surface area contributed by atoms with Crippen LogP contribution in [-0.4, -0.2) is 47.4 Å². The van der Waals surface area contributed by atoms with E-state index in [2.05, 4.69) is 36.1 Å². The second-order valence-electron chi connectivity index (χ2n) is 5.39. The summed E-state index contributed by atoms with van der Waals surface area (Å²) in [5.41, 5.74) is 7.00. The number of nitrogens with zero attached hydrogens (tertiary/aromatic N) is 2. The Kier molecular flexibility index (Phi) is 4.56. The van der Waals surface area contributed by atoms with Gasteiger partial charge in [-0.3, -0.25) is 9.69 Å². The summed E-state index contributed by atoms with van der Waals surface area (Å²) in [6.45, 7) is 7.40. The summed E-state index contributed by atoms with van der Waals surface area (Å²) in [7, 11) is 0. The molecule has 1 amide bonds. The lowest BCUT2D eigenvalue weighted by molar-refractivity contribution is -0.136. The summed E-state index contributed by atoms with van der Waals surface area (Å²) in [5, 5.41) is 0. The Labute approximate surface area is 115 Å². The minimum absolute atomic E-state index is 0.0619. The molecule has 1 heterocycles. The molecule has 1 aromatic rings. The highest BCUT2D eigenvalue weighted by molar-refractivity contribution is 5.81. The Morgan fingerprint density at radius 2 is 2.05 bits per heavy atom. The van der Waals surface area contributed by atoms with E-state index in [4.69, 9.17) is 5.73 Å². The summed E-state index contributed by atoms with van der Waals surface area (Å²) in [6.07, 6.45) is 0. The van der Waals surface area contributed by atoms with Crippen LogP contribution in [0.5, 0.6) is 0 Å². The molecule has 2 atom stereocenters. The van der Waals surface area contributed by atoms with Crippen LogP contribution in [0.2, 0.25) is 0 Å². The number of carbonyl (C=O) groups excluding carboxylic acids is 1. The lowest BCUT2D eigenvalue weighted by Crippen LogP contribution is -2.56. The number of benzene rings is 1. The van der Waals surface area contributed by atoms with E-state index >= 15 is 0 Å². The summed E-state index contributed by atoms with van der Waals surface area (Å²) in [5.74, 6) is 0.0619. The molecule has 0 saturated carbocycles. The molecule has 2 unspecified atom stereocenters. The van der Waals surface area contributed by atoms with Crippen molar-refractivity contribution in [1.29, 1.82) is 0 Å². The predicted octanol–water partition coefficient (Wildman–Crippen LogP) is 1.07. The van der Waals surface area contributed by atoms with Crippen LogP contribution >= 0.6 is 0 Å². The third kappa shape index (κ3) is 3.55. The lowest BCUT2D eigenvalue weighted by atomic mass is 10.1. The summed E-state index contributed by atoms with van der Waals surface area (Å²) >= 11 is 0. The van der Waals surface area contributed by atoms with Crippen molar-refractivity contribution in [2.24, 2.45) is 5.73 Å². The number of hydrogen-bond acceptors (Lipinski definition) is 3. The molecule has 2 rings (SSSR count). The van der Waals surface area contributed by atoms with Gasteiger partial charge in [-0.2, -0.15) is 0 Å². The van der Waals surface area contributed by atoms with Crippen LogP contribution < -0.4 is 5.73 Å². The van der Waals surface area contributed by atoms with Crippen molar-refractivity contribution in [3.05, 3.63) is 35.9 Å². The fourth-order valence-electron chi connectivity index (χ4n) is 2.61. The number of hydrogen-bond donors (Lipinski definition) is 1.